The van der Waals surface area contributed by atoms with Crippen LogP contribution in [0.2, 0.25) is 0 Å². The summed E-state index contributed by atoms with van der Waals surface area (Å²) in [6, 6.07) is -0.205. The van der Waals surface area contributed by atoms with Crippen molar-refractivity contribution in [2.24, 2.45) is 86.8 Å². The molecule has 0 bridgehead atoms. The first-order chi connectivity index (χ1) is 31.9. The summed E-state index contributed by atoms with van der Waals surface area (Å²) >= 11 is 0. The smallest absolute Gasteiger partial charge is 0.395 e. The van der Waals surface area contributed by atoms with Gasteiger partial charge in [-0.1, -0.05) is 34.6 Å². The molecule has 1 radical (unpaired) electrons. The highest BCUT2D eigenvalue weighted by atomic mass is 16.4. The SMILES string of the molecule is CO[B]NCCCN1CCCN(C(=O)CCC(C)C2CCC3C4C(O)CC5CC(O)CCC5(C)C4CC(O)C23C)C(C2CCC3C4C(O)CC5CC(O)CCC5(C)C4CC(O)C32C)CCC1=O. The molecule has 1 aliphatic heterocycles. The molecule has 22 atom stereocenters. The van der Waals surface area contributed by atoms with Crippen LogP contribution < -0.4 is 5.23 Å². The van der Waals surface area contributed by atoms with E-state index in [0.717, 1.165) is 77.0 Å². The van der Waals surface area contributed by atoms with E-state index in [1.165, 1.54) is 0 Å². The number of hydrogen-bond donors (Lipinski definition) is 7. The van der Waals surface area contributed by atoms with Gasteiger partial charge in [0, 0.05) is 51.0 Å². The highest BCUT2D eigenvalue weighted by Gasteiger charge is 2.68. The zero-order chi connectivity index (χ0) is 47.8. The van der Waals surface area contributed by atoms with Gasteiger partial charge in [-0.2, -0.15) is 0 Å². The predicted molar refractivity (Wildman–Crippen MR) is 258 cm³/mol. The van der Waals surface area contributed by atoms with E-state index in [9.17, 15) is 35.4 Å². The molecule has 7 N–H and O–H groups in total. The number of carbonyl (C=O) groups is 2. The first-order valence-electron chi connectivity index (χ1n) is 27.6. The Bertz CT molecular complexity index is 1760. The molecule has 0 spiro atoms. The summed E-state index contributed by atoms with van der Waals surface area (Å²) in [6.07, 6.45) is 12.3. The van der Waals surface area contributed by atoms with Crippen LogP contribution in [-0.2, 0) is 14.2 Å². The minimum atomic E-state index is -0.590. The summed E-state index contributed by atoms with van der Waals surface area (Å²) in [5.74, 6) is 2.16. The zero-order valence-electron chi connectivity index (χ0n) is 42.2. The first kappa shape index (κ1) is 50.6. The Labute approximate surface area is 403 Å². The molecule has 0 aromatic carbocycles. The minimum absolute atomic E-state index is 0.00972. The van der Waals surface area contributed by atoms with Crippen LogP contribution in [0, 0.1) is 86.8 Å². The lowest BCUT2D eigenvalue weighted by molar-refractivity contribution is -0.208. The van der Waals surface area contributed by atoms with E-state index in [1.807, 2.05) is 4.90 Å². The molecule has 13 heteroatoms. The van der Waals surface area contributed by atoms with Crippen LogP contribution in [-0.4, -0.2) is 136 Å². The maximum Gasteiger partial charge on any atom is 0.395 e. The van der Waals surface area contributed by atoms with E-state index in [1.54, 1.807) is 14.7 Å². The van der Waals surface area contributed by atoms with Crippen molar-refractivity contribution < 1.29 is 44.9 Å². The van der Waals surface area contributed by atoms with Gasteiger partial charge in [-0.05, 0) is 203 Å². The van der Waals surface area contributed by atoms with Gasteiger partial charge in [0.25, 0.3) is 0 Å². The van der Waals surface area contributed by atoms with Crippen LogP contribution in [0.1, 0.15) is 163 Å². The predicted octanol–water partition coefficient (Wildman–Crippen LogP) is 5.70. The Kier molecular flexibility index (Phi) is 14.8. The van der Waals surface area contributed by atoms with Gasteiger partial charge in [0.15, 0.2) is 0 Å². The summed E-state index contributed by atoms with van der Waals surface area (Å²) in [4.78, 5) is 33.4. The van der Waals surface area contributed by atoms with E-state index in [4.69, 9.17) is 4.65 Å². The number of carbonyl (C=O) groups excluding carboxylic acids is 2. The number of fused-ring (bicyclic) bond motifs is 10. The molecule has 0 aromatic rings. The normalized spacial score (nSPS) is 50.3. The van der Waals surface area contributed by atoms with Crippen LogP contribution in [0.5, 0.6) is 0 Å². The maximum atomic E-state index is 15.2. The summed E-state index contributed by atoms with van der Waals surface area (Å²) < 4.78 is 5.04. The van der Waals surface area contributed by atoms with Gasteiger partial charge in [0.1, 0.15) is 0 Å². The van der Waals surface area contributed by atoms with Crippen LogP contribution in [0.4, 0.5) is 0 Å². The third-order valence-corrected chi connectivity index (χ3v) is 23.1. The van der Waals surface area contributed by atoms with Crippen molar-refractivity contribution in [3.8, 4) is 0 Å². The number of rotatable bonds is 11. The quantitative estimate of drug-likeness (QED) is 0.100. The summed E-state index contributed by atoms with van der Waals surface area (Å²) in [6.45, 7) is 14.1. The summed E-state index contributed by atoms with van der Waals surface area (Å²) in [7, 11) is 3.17. The number of aliphatic hydroxyl groups excluding tert-OH is 6. The van der Waals surface area contributed by atoms with Gasteiger partial charge >= 0.3 is 7.62 Å². The van der Waals surface area contributed by atoms with Gasteiger partial charge in [-0.25, -0.2) is 0 Å². The van der Waals surface area contributed by atoms with Gasteiger partial charge in [-0.15, -0.1) is 0 Å². The second kappa shape index (κ2) is 19.6. The molecule has 1 saturated heterocycles. The van der Waals surface area contributed by atoms with Crippen molar-refractivity contribution >= 4 is 19.4 Å². The molecule has 8 saturated carbocycles. The second-order valence-corrected chi connectivity index (χ2v) is 25.7. The topological polar surface area (TPSA) is 183 Å². The van der Waals surface area contributed by atoms with Crippen molar-refractivity contribution in [2.45, 2.75) is 206 Å². The van der Waals surface area contributed by atoms with E-state index in [0.29, 0.717) is 77.5 Å². The zero-order valence-corrected chi connectivity index (χ0v) is 42.2. The Balaban J connectivity index is 0.935. The summed E-state index contributed by atoms with van der Waals surface area (Å²) in [5.41, 5.74) is -0.869. The average molecular weight is 937 g/mol. The fourth-order valence-electron chi connectivity index (χ4n) is 19.5. The largest absolute Gasteiger partial charge is 0.427 e. The molecule has 2 amide bonds. The Morgan fingerprint density at radius 2 is 1.30 bits per heavy atom. The van der Waals surface area contributed by atoms with Gasteiger partial charge in [0.05, 0.1) is 36.6 Å². The minimum Gasteiger partial charge on any atom is -0.427 e. The Morgan fingerprint density at radius 1 is 0.731 bits per heavy atom. The molecule has 22 unspecified atom stereocenters. The van der Waals surface area contributed by atoms with Crippen LogP contribution in [0.25, 0.3) is 0 Å². The van der Waals surface area contributed by atoms with Crippen molar-refractivity contribution in [1.82, 2.24) is 15.0 Å². The van der Waals surface area contributed by atoms with Gasteiger partial charge < -0.3 is 50.3 Å². The fraction of sp³-hybridized carbons (Fsp3) is 0.963. The molecule has 379 valence electrons. The molecule has 8 aliphatic carbocycles. The monoisotopic (exact) mass is 937 g/mol. The number of nitrogens with zero attached hydrogens (tertiary/aromatic N) is 2. The lowest BCUT2D eigenvalue weighted by atomic mass is 9.43. The number of aliphatic hydroxyl groups is 6. The highest BCUT2D eigenvalue weighted by Crippen LogP contribution is 2.70. The molecule has 67 heavy (non-hydrogen) atoms. The molecular weight excluding hydrogens is 845 g/mol. The van der Waals surface area contributed by atoms with Crippen LogP contribution in [0.3, 0.4) is 0 Å². The molecule has 1 heterocycles. The Hall–Kier alpha value is -1.32. The van der Waals surface area contributed by atoms with Crippen molar-refractivity contribution in [1.29, 1.82) is 0 Å². The molecule has 9 aliphatic rings. The van der Waals surface area contributed by atoms with E-state index in [-0.39, 0.29) is 111 Å². The van der Waals surface area contributed by atoms with Crippen molar-refractivity contribution in [3.05, 3.63) is 0 Å². The molecule has 9 rings (SSSR count). The van der Waals surface area contributed by atoms with E-state index >= 15 is 4.79 Å². The second-order valence-electron chi connectivity index (χ2n) is 25.7. The van der Waals surface area contributed by atoms with Crippen LogP contribution >= 0.6 is 0 Å². The van der Waals surface area contributed by atoms with E-state index in [2.05, 4.69) is 44.7 Å². The number of amides is 2. The average Bonchev–Trinajstić information content (AvgIpc) is 3.85. The summed E-state index contributed by atoms with van der Waals surface area (Å²) in [5, 5.41) is 73.3. The molecule has 0 aromatic heterocycles. The first-order valence-corrected chi connectivity index (χ1v) is 27.6. The van der Waals surface area contributed by atoms with E-state index < -0.39 is 29.8 Å². The van der Waals surface area contributed by atoms with Crippen LogP contribution in [0.15, 0.2) is 0 Å². The number of hydrogen-bond acceptors (Lipinski definition) is 10. The third-order valence-electron chi connectivity index (χ3n) is 23.1. The lowest BCUT2D eigenvalue weighted by Crippen LogP contribution is -2.63. The fourth-order valence-corrected chi connectivity index (χ4v) is 19.5. The Morgan fingerprint density at radius 3 is 1.91 bits per heavy atom. The van der Waals surface area contributed by atoms with Gasteiger partial charge in [-0.3, -0.25) is 9.59 Å². The third kappa shape index (κ3) is 8.62. The van der Waals surface area contributed by atoms with Crippen molar-refractivity contribution in [3.63, 3.8) is 0 Å². The molecule has 9 fully saturated rings. The van der Waals surface area contributed by atoms with Gasteiger partial charge in [0.2, 0.25) is 11.8 Å². The maximum absolute atomic E-state index is 15.2. The molecular formula is C54H91BN3O9. The standard InChI is InChI=1S/C54H91BN3O9/c1-31(36-10-12-38-49-40(29-45(63)53(36,38)4)51(2)19-17-34(59)25-32(51)27-43(49)61)9-15-48(66)58-24-8-23-57(22-7-21-56-55-67-6)47(65)16-14-42(58)37-11-13-39-50-41(30-46(64)54(37,39)5)52(3)20-18-35(60)26-33(52)28-44(50)62/h31-46,49-50,56,59-64H,7-30H2,1-6H3. The highest BCUT2D eigenvalue weighted by molar-refractivity contribution is 6.23. The number of nitrogens with one attached hydrogen (secondary N) is 1. The molecule has 12 nitrogen and oxygen atoms in total. The van der Waals surface area contributed by atoms with Crippen molar-refractivity contribution in [2.75, 3.05) is 33.3 Å². The lowest BCUT2D eigenvalue weighted by Gasteiger charge is -2.63.